The van der Waals surface area contributed by atoms with E-state index in [-0.39, 0.29) is 5.78 Å². The van der Waals surface area contributed by atoms with E-state index in [0.717, 1.165) is 10.9 Å². The molecule has 122 valence electrons. The van der Waals surface area contributed by atoms with Crippen molar-refractivity contribution in [1.29, 1.82) is 0 Å². The molecule has 6 heteroatoms. The van der Waals surface area contributed by atoms with Crippen LogP contribution >= 0.6 is 11.8 Å². The van der Waals surface area contributed by atoms with Crippen LogP contribution in [-0.4, -0.2) is 34.1 Å². The lowest BCUT2D eigenvalue weighted by atomic mass is 10.1. The molecule has 3 rings (SSSR count). The lowest BCUT2D eigenvalue weighted by molar-refractivity contribution is 0.0315. The molecule has 0 saturated heterocycles. The van der Waals surface area contributed by atoms with Crippen molar-refractivity contribution in [3.63, 3.8) is 0 Å². The number of benzene rings is 1. The van der Waals surface area contributed by atoms with E-state index in [1.54, 1.807) is 31.5 Å². The molecule has 0 aliphatic rings. The summed E-state index contributed by atoms with van der Waals surface area (Å²) in [7, 11) is 0. The van der Waals surface area contributed by atoms with Gasteiger partial charge in [0.1, 0.15) is 5.03 Å². The summed E-state index contributed by atoms with van der Waals surface area (Å²) in [5, 5.41) is 1.39. The SMILES string of the molecule is CSc1ncccc1C(=O)OC(C)C(=O)c1c[nH]c2ccccc12. The van der Waals surface area contributed by atoms with Gasteiger partial charge in [-0.3, -0.25) is 4.79 Å². The predicted octanol–water partition coefficient (Wildman–Crippen LogP) is 3.71. The number of hydrogen-bond acceptors (Lipinski definition) is 5. The molecule has 2 aromatic heterocycles. The summed E-state index contributed by atoms with van der Waals surface area (Å²) in [6.45, 7) is 1.58. The van der Waals surface area contributed by atoms with Crippen molar-refractivity contribution in [2.75, 3.05) is 6.26 Å². The first-order chi connectivity index (χ1) is 11.6. The Morgan fingerprint density at radius 3 is 2.75 bits per heavy atom. The number of nitrogens with one attached hydrogen (secondary N) is 1. The summed E-state index contributed by atoms with van der Waals surface area (Å²) in [6.07, 6.45) is 4.21. The monoisotopic (exact) mass is 340 g/mol. The third kappa shape index (κ3) is 3.05. The number of aromatic amines is 1. The van der Waals surface area contributed by atoms with Gasteiger partial charge in [0.05, 0.1) is 5.56 Å². The molecule has 0 aliphatic heterocycles. The number of fused-ring (bicyclic) bond motifs is 1. The van der Waals surface area contributed by atoms with E-state index in [9.17, 15) is 9.59 Å². The number of carbonyl (C=O) groups is 2. The number of hydrogen-bond donors (Lipinski definition) is 1. The second-order valence-electron chi connectivity index (χ2n) is 5.22. The minimum absolute atomic E-state index is 0.240. The number of esters is 1. The number of rotatable bonds is 5. The number of carbonyl (C=O) groups excluding carboxylic acids is 2. The van der Waals surface area contributed by atoms with Crippen molar-refractivity contribution in [2.45, 2.75) is 18.1 Å². The molecule has 1 aromatic carbocycles. The summed E-state index contributed by atoms with van der Waals surface area (Å²) in [4.78, 5) is 32.1. The van der Waals surface area contributed by atoms with Crippen molar-refractivity contribution < 1.29 is 14.3 Å². The Hall–Kier alpha value is -2.60. The number of ether oxygens (including phenoxy) is 1. The quantitative estimate of drug-likeness (QED) is 0.435. The molecule has 3 aromatic rings. The van der Waals surface area contributed by atoms with E-state index in [2.05, 4.69) is 9.97 Å². The van der Waals surface area contributed by atoms with Crippen LogP contribution in [0.1, 0.15) is 27.6 Å². The topological polar surface area (TPSA) is 72.0 Å². The number of para-hydroxylation sites is 1. The lowest BCUT2D eigenvalue weighted by Gasteiger charge is -2.13. The highest BCUT2D eigenvalue weighted by atomic mass is 32.2. The van der Waals surface area contributed by atoms with Crippen molar-refractivity contribution >= 4 is 34.4 Å². The van der Waals surface area contributed by atoms with Gasteiger partial charge in [0.2, 0.25) is 5.78 Å². The minimum atomic E-state index is -0.883. The molecule has 0 saturated carbocycles. The van der Waals surface area contributed by atoms with Gasteiger partial charge in [-0.2, -0.15) is 0 Å². The number of aromatic nitrogens is 2. The van der Waals surface area contributed by atoms with Gasteiger partial charge in [-0.05, 0) is 31.4 Å². The molecule has 0 spiro atoms. The van der Waals surface area contributed by atoms with Crippen LogP contribution in [0, 0.1) is 0 Å². The van der Waals surface area contributed by atoms with Crippen molar-refractivity contribution in [3.8, 4) is 0 Å². The van der Waals surface area contributed by atoms with Gasteiger partial charge in [-0.25, -0.2) is 9.78 Å². The third-order valence-electron chi connectivity index (χ3n) is 3.69. The molecule has 1 unspecified atom stereocenters. The summed E-state index contributed by atoms with van der Waals surface area (Å²) < 4.78 is 5.36. The molecule has 0 bridgehead atoms. The minimum Gasteiger partial charge on any atom is -0.451 e. The Morgan fingerprint density at radius 1 is 1.17 bits per heavy atom. The smallest absolute Gasteiger partial charge is 0.341 e. The zero-order chi connectivity index (χ0) is 17.1. The lowest BCUT2D eigenvalue weighted by Crippen LogP contribution is -2.24. The fraction of sp³-hybridized carbons (Fsp3) is 0.167. The molecule has 24 heavy (non-hydrogen) atoms. The second kappa shape index (κ2) is 6.88. The number of pyridine rings is 1. The Kier molecular flexibility index (Phi) is 4.66. The first-order valence-corrected chi connectivity index (χ1v) is 8.64. The third-order valence-corrected chi connectivity index (χ3v) is 4.40. The maximum absolute atomic E-state index is 12.6. The van der Waals surface area contributed by atoms with Gasteiger partial charge >= 0.3 is 5.97 Å². The number of nitrogens with zero attached hydrogens (tertiary/aromatic N) is 1. The number of Topliss-reactive ketones (excluding diaryl/α,β-unsaturated/α-hetero) is 1. The zero-order valence-corrected chi connectivity index (χ0v) is 14.1. The van der Waals surface area contributed by atoms with Crippen LogP contribution in [0.2, 0.25) is 0 Å². The highest BCUT2D eigenvalue weighted by molar-refractivity contribution is 7.98. The Labute approximate surface area is 143 Å². The largest absolute Gasteiger partial charge is 0.451 e. The van der Waals surface area contributed by atoms with Crippen molar-refractivity contribution in [2.24, 2.45) is 0 Å². The van der Waals surface area contributed by atoms with E-state index in [4.69, 9.17) is 4.74 Å². The molecule has 0 radical (unpaired) electrons. The van der Waals surface area contributed by atoms with E-state index >= 15 is 0 Å². The van der Waals surface area contributed by atoms with Crippen molar-refractivity contribution in [3.05, 3.63) is 59.9 Å². The van der Waals surface area contributed by atoms with Gasteiger partial charge in [0.25, 0.3) is 0 Å². The zero-order valence-electron chi connectivity index (χ0n) is 13.3. The van der Waals surface area contributed by atoms with Gasteiger partial charge in [-0.1, -0.05) is 18.2 Å². The highest BCUT2D eigenvalue weighted by Crippen LogP contribution is 2.22. The molecular formula is C18H16N2O3S. The fourth-order valence-corrected chi connectivity index (χ4v) is 3.02. The molecule has 0 aliphatic carbocycles. The molecule has 5 nitrogen and oxygen atoms in total. The average Bonchev–Trinajstić information content (AvgIpc) is 3.04. The molecule has 1 N–H and O–H groups in total. The van der Waals surface area contributed by atoms with E-state index in [0.29, 0.717) is 16.2 Å². The number of ketones is 1. The molecule has 1 atom stereocenters. The van der Waals surface area contributed by atoms with E-state index < -0.39 is 12.1 Å². The van der Waals surface area contributed by atoms with E-state index in [1.165, 1.54) is 11.8 Å². The predicted molar refractivity (Wildman–Crippen MR) is 93.5 cm³/mol. The van der Waals surface area contributed by atoms with Crippen molar-refractivity contribution in [1.82, 2.24) is 9.97 Å². The molecule has 2 heterocycles. The number of thioether (sulfide) groups is 1. The average molecular weight is 340 g/mol. The summed E-state index contributed by atoms with van der Waals surface area (Å²) in [5.74, 6) is -0.788. The van der Waals surface area contributed by atoms with Gasteiger partial charge in [-0.15, -0.1) is 11.8 Å². The van der Waals surface area contributed by atoms with Crippen LogP contribution in [0.5, 0.6) is 0 Å². The first-order valence-electron chi connectivity index (χ1n) is 7.42. The second-order valence-corrected chi connectivity index (χ2v) is 6.01. The summed E-state index contributed by atoms with van der Waals surface area (Å²) >= 11 is 1.36. The Morgan fingerprint density at radius 2 is 1.96 bits per heavy atom. The summed E-state index contributed by atoms with van der Waals surface area (Å²) in [5.41, 5.74) is 1.75. The van der Waals surface area contributed by atoms with Crippen LogP contribution in [0.15, 0.2) is 53.8 Å². The highest BCUT2D eigenvalue weighted by Gasteiger charge is 2.24. The maximum atomic E-state index is 12.6. The van der Waals surface area contributed by atoms with Crippen LogP contribution in [-0.2, 0) is 4.74 Å². The molecule has 0 fully saturated rings. The molecule has 0 amide bonds. The van der Waals surface area contributed by atoms with Crippen LogP contribution in [0.4, 0.5) is 0 Å². The fourth-order valence-electron chi connectivity index (χ4n) is 2.48. The Bertz CT molecular complexity index is 904. The van der Waals surface area contributed by atoms with Crippen LogP contribution in [0.25, 0.3) is 10.9 Å². The van der Waals surface area contributed by atoms with Gasteiger partial charge < -0.3 is 9.72 Å². The normalized spacial score (nSPS) is 12.1. The van der Waals surface area contributed by atoms with Crippen LogP contribution < -0.4 is 0 Å². The number of H-pyrrole nitrogens is 1. The summed E-state index contributed by atoms with van der Waals surface area (Å²) in [6, 6.07) is 10.8. The standard InChI is InChI=1S/C18H16N2O3S/c1-11(23-18(22)13-7-5-9-19-17(13)24-2)16(21)14-10-20-15-8-4-3-6-12(14)15/h3-11,20H,1-2H3. The van der Waals surface area contributed by atoms with Gasteiger partial charge in [0, 0.05) is 28.9 Å². The first kappa shape index (κ1) is 16.3. The molecular weight excluding hydrogens is 324 g/mol. The van der Waals surface area contributed by atoms with Crippen LogP contribution in [0.3, 0.4) is 0 Å². The maximum Gasteiger partial charge on any atom is 0.341 e. The Balaban J connectivity index is 1.80. The van der Waals surface area contributed by atoms with E-state index in [1.807, 2.05) is 30.5 Å². The van der Waals surface area contributed by atoms with Gasteiger partial charge in [0.15, 0.2) is 6.10 Å².